The molecule has 2 amide bonds. The minimum atomic E-state index is 0.127. The lowest BCUT2D eigenvalue weighted by Crippen LogP contribution is -2.50. The van der Waals surface area contributed by atoms with Crippen molar-refractivity contribution in [2.75, 3.05) is 52.9 Å². The molecule has 1 aromatic carbocycles. The number of carbonyl (C=O) groups is 1. The molecule has 3 rings (SSSR count). The third kappa shape index (κ3) is 5.71. The van der Waals surface area contributed by atoms with E-state index >= 15 is 0 Å². The minimum absolute atomic E-state index is 0.127. The Kier molecular flexibility index (Phi) is 7.32. The van der Waals surface area contributed by atoms with Crippen molar-refractivity contribution in [2.24, 2.45) is 0 Å². The molecule has 0 aromatic heterocycles. The molecule has 1 N–H and O–H groups in total. The van der Waals surface area contributed by atoms with Crippen LogP contribution in [-0.4, -0.2) is 79.6 Å². The van der Waals surface area contributed by atoms with E-state index in [4.69, 9.17) is 0 Å². The van der Waals surface area contributed by atoms with E-state index in [0.717, 1.165) is 65.1 Å². The van der Waals surface area contributed by atoms with Gasteiger partial charge < -0.3 is 15.1 Å². The van der Waals surface area contributed by atoms with Crippen molar-refractivity contribution in [3.05, 3.63) is 35.9 Å². The van der Waals surface area contributed by atoms with Crippen LogP contribution in [0.4, 0.5) is 4.79 Å². The lowest BCUT2D eigenvalue weighted by molar-refractivity contribution is 0.150. The van der Waals surface area contributed by atoms with Gasteiger partial charge in [-0.2, -0.15) is 0 Å². The molecule has 1 aliphatic carbocycles. The smallest absolute Gasteiger partial charge is 0.317 e. The van der Waals surface area contributed by atoms with Crippen LogP contribution in [0.1, 0.15) is 31.2 Å². The number of amides is 2. The lowest BCUT2D eigenvalue weighted by atomic mass is 10.1. The molecular formula is C21H34N4O. The van der Waals surface area contributed by atoms with Gasteiger partial charge in [0.1, 0.15) is 0 Å². The number of piperazine rings is 1. The normalized spacial score (nSPS) is 19.6. The largest absolute Gasteiger partial charge is 0.337 e. The van der Waals surface area contributed by atoms with Crippen molar-refractivity contribution < 1.29 is 4.79 Å². The van der Waals surface area contributed by atoms with Crippen molar-refractivity contribution in [1.82, 2.24) is 20.0 Å². The van der Waals surface area contributed by atoms with E-state index in [-0.39, 0.29) is 6.03 Å². The van der Waals surface area contributed by atoms with Gasteiger partial charge in [-0.3, -0.25) is 4.90 Å². The van der Waals surface area contributed by atoms with E-state index in [1.807, 2.05) is 6.07 Å². The molecular weight excluding hydrogens is 324 g/mol. The lowest BCUT2D eigenvalue weighted by Gasteiger charge is -2.33. The zero-order valence-corrected chi connectivity index (χ0v) is 16.2. The number of carbonyl (C=O) groups excluding carboxylic acids is 1. The first-order valence-corrected chi connectivity index (χ1v) is 10.2. The van der Waals surface area contributed by atoms with Crippen LogP contribution in [0, 0.1) is 0 Å². The highest BCUT2D eigenvalue weighted by atomic mass is 16.2. The number of likely N-dealkylation sites (N-methyl/N-ethyl adjacent to an activating group) is 1. The SMILES string of the molecule is CN1CCN(CCNC(=O)N(CCc2ccccc2)C2CCCC2)CC1. The maximum absolute atomic E-state index is 12.8. The first-order chi connectivity index (χ1) is 12.7. The standard InChI is InChI=1S/C21H34N4O/c1-23-15-17-24(18-16-23)14-12-22-21(26)25(20-9-5-6-10-20)13-11-19-7-3-2-4-8-19/h2-4,7-8,20H,5-6,9-18H2,1H3,(H,22,26). The van der Waals surface area contributed by atoms with Crippen LogP contribution in [0.5, 0.6) is 0 Å². The van der Waals surface area contributed by atoms with Crippen molar-refractivity contribution in [3.8, 4) is 0 Å². The third-order valence-electron chi connectivity index (χ3n) is 5.81. The number of nitrogens with one attached hydrogen (secondary N) is 1. The molecule has 26 heavy (non-hydrogen) atoms. The second kappa shape index (κ2) is 9.93. The Bertz CT molecular complexity index is 536. The average Bonchev–Trinajstić information content (AvgIpc) is 3.19. The fourth-order valence-corrected chi connectivity index (χ4v) is 4.05. The third-order valence-corrected chi connectivity index (χ3v) is 5.81. The summed E-state index contributed by atoms with van der Waals surface area (Å²) in [5.41, 5.74) is 1.31. The number of benzene rings is 1. The number of rotatable bonds is 7. The Morgan fingerprint density at radius 3 is 2.50 bits per heavy atom. The highest BCUT2D eigenvalue weighted by Crippen LogP contribution is 2.23. The monoisotopic (exact) mass is 358 g/mol. The van der Waals surface area contributed by atoms with Crippen molar-refractivity contribution >= 4 is 6.03 Å². The van der Waals surface area contributed by atoms with Crippen LogP contribution in [0.2, 0.25) is 0 Å². The summed E-state index contributed by atoms with van der Waals surface area (Å²) in [4.78, 5) is 19.7. The maximum atomic E-state index is 12.8. The summed E-state index contributed by atoms with van der Waals surface area (Å²) in [7, 11) is 2.17. The van der Waals surface area contributed by atoms with Gasteiger partial charge in [0.15, 0.2) is 0 Å². The Labute approximate surface area is 158 Å². The molecule has 5 nitrogen and oxygen atoms in total. The number of urea groups is 1. The predicted octanol–water partition coefficient (Wildman–Crippen LogP) is 2.43. The van der Waals surface area contributed by atoms with Crippen molar-refractivity contribution in [1.29, 1.82) is 0 Å². The summed E-state index contributed by atoms with van der Waals surface area (Å²) in [5.74, 6) is 0. The molecule has 5 heteroatoms. The number of hydrogen-bond donors (Lipinski definition) is 1. The van der Waals surface area contributed by atoms with Crippen LogP contribution in [0.15, 0.2) is 30.3 Å². The van der Waals surface area contributed by atoms with Gasteiger partial charge in [0.05, 0.1) is 0 Å². The fraction of sp³-hybridized carbons (Fsp3) is 0.667. The van der Waals surface area contributed by atoms with Gasteiger partial charge in [-0.1, -0.05) is 43.2 Å². The summed E-state index contributed by atoms with van der Waals surface area (Å²) in [6.45, 7) is 6.97. The molecule has 1 aromatic rings. The van der Waals surface area contributed by atoms with Gasteiger partial charge in [0, 0.05) is 51.9 Å². The number of hydrogen-bond acceptors (Lipinski definition) is 3. The van der Waals surface area contributed by atoms with Gasteiger partial charge >= 0.3 is 6.03 Å². The molecule has 0 bridgehead atoms. The first kappa shape index (κ1) is 19.2. The zero-order chi connectivity index (χ0) is 18.2. The van der Waals surface area contributed by atoms with Gasteiger partial charge in [-0.15, -0.1) is 0 Å². The van der Waals surface area contributed by atoms with E-state index in [1.165, 1.54) is 18.4 Å². The van der Waals surface area contributed by atoms with E-state index in [2.05, 4.69) is 51.3 Å². The average molecular weight is 359 g/mol. The Morgan fingerprint density at radius 1 is 1.12 bits per heavy atom. The summed E-state index contributed by atoms with van der Waals surface area (Å²) < 4.78 is 0. The van der Waals surface area contributed by atoms with Gasteiger partial charge in [0.25, 0.3) is 0 Å². The highest BCUT2D eigenvalue weighted by molar-refractivity contribution is 5.74. The molecule has 0 spiro atoms. The molecule has 0 atom stereocenters. The van der Waals surface area contributed by atoms with Crippen LogP contribution in [0.3, 0.4) is 0 Å². The Morgan fingerprint density at radius 2 is 1.81 bits per heavy atom. The summed E-state index contributed by atoms with van der Waals surface area (Å²) >= 11 is 0. The maximum Gasteiger partial charge on any atom is 0.317 e. The second-order valence-electron chi connectivity index (χ2n) is 7.74. The minimum Gasteiger partial charge on any atom is -0.337 e. The van der Waals surface area contributed by atoms with E-state index < -0.39 is 0 Å². The fourth-order valence-electron chi connectivity index (χ4n) is 4.05. The van der Waals surface area contributed by atoms with Crippen LogP contribution in [-0.2, 0) is 6.42 Å². The molecule has 1 aliphatic heterocycles. The summed E-state index contributed by atoms with van der Waals surface area (Å²) in [6.07, 6.45) is 5.74. The molecule has 1 saturated heterocycles. The summed E-state index contributed by atoms with van der Waals surface area (Å²) in [5, 5.41) is 3.19. The quantitative estimate of drug-likeness (QED) is 0.814. The second-order valence-corrected chi connectivity index (χ2v) is 7.74. The first-order valence-electron chi connectivity index (χ1n) is 10.2. The van der Waals surface area contributed by atoms with Crippen LogP contribution >= 0.6 is 0 Å². The summed E-state index contributed by atoms with van der Waals surface area (Å²) in [6, 6.07) is 11.0. The molecule has 1 heterocycles. The Balaban J connectivity index is 1.46. The zero-order valence-electron chi connectivity index (χ0n) is 16.2. The van der Waals surface area contributed by atoms with Gasteiger partial charge in [0.2, 0.25) is 0 Å². The van der Waals surface area contributed by atoms with Crippen molar-refractivity contribution in [2.45, 2.75) is 38.1 Å². The van der Waals surface area contributed by atoms with Crippen molar-refractivity contribution in [3.63, 3.8) is 0 Å². The molecule has 0 unspecified atom stereocenters. The molecule has 2 aliphatic rings. The molecule has 2 fully saturated rings. The van der Waals surface area contributed by atoms with Crippen LogP contribution < -0.4 is 5.32 Å². The molecule has 1 saturated carbocycles. The molecule has 0 radical (unpaired) electrons. The topological polar surface area (TPSA) is 38.8 Å². The van der Waals surface area contributed by atoms with Gasteiger partial charge in [-0.25, -0.2) is 4.79 Å². The predicted molar refractivity (Wildman–Crippen MR) is 106 cm³/mol. The van der Waals surface area contributed by atoms with Gasteiger partial charge in [-0.05, 0) is 31.9 Å². The van der Waals surface area contributed by atoms with E-state index in [1.54, 1.807) is 0 Å². The number of nitrogens with zero attached hydrogens (tertiary/aromatic N) is 3. The van der Waals surface area contributed by atoms with Crippen LogP contribution in [0.25, 0.3) is 0 Å². The Hall–Kier alpha value is -1.59. The van der Waals surface area contributed by atoms with E-state index in [0.29, 0.717) is 6.04 Å². The highest BCUT2D eigenvalue weighted by Gasteiger charge is 2.26. The molecule has 144 valence electrons. The van der Waals surface area contributed by atoms with E-state index in [9.17, 15) is 4.79 Å².